The van der Waals surface area contributed by atoms with Crippen molar-refractivity contribution in [1.29, 1.82) is 0 Å². The predicted octanol–water partition coefficient (Wildman–Crippen LogP) is 2.52. The number of fused-ring (bicyclic) bond motifs is 1. The molecule has 1 saturated carbocycles. The van der Waals surface area contributed by atoms with Gasteiger partial charge in [-0.1, -0.05) is 18.9 Å². The van der Waals surface area contributed by atoms with Crippen LogP contribution in [0.2, 0.25) is 0 Å². The second kappa shape index (κ2) is 5.88. The molecule has 0 radical (unpaired) electrons. The maximum Gasteiger partial charge on any atom is 0.139 e. The molecule has 3 rings (SSSR count). The topological polar surface area (TPSA) is 54.2 Å². The number of aromatic nitrogens is 1. The van der Waals surface area contributed by atoms with Crippen molar-refractivity contribution in [3.05, 3.63) is 23.9 Å². The van der Waals surface area contributed by atoms with Crippen molar-refractivity contribution >= 4 is 5.82 Å². The summed E-state index contributed by atoms with van der Waals surface area (Å²) in [6, 6.07) is 4.90. The Morgan fingerprint density at radius 2 is 2.05 bits per heavy atom. The molecule has 1 saturated heterocycles. The fraction of sp³-hybridized carbons (Fsp3) is 0.667. The van der Waals surface area contributed by atoms with Crippen molar-refractivity contribution in [2.24, 2.45) is 11.8 Å². The van der Waals surface area contributed by atoms with Crippen molar-refractivity contribution in [1.82, 2.24) is 9.88 Å². The minimum Gasteiger partial charge on any atom is -0.308 e. The number of pyridine rings is 1. The molecule has 1 aromatic heterocycles. The monoisotopic (exact) mass is 260 g/mol. The molecule has 2 fully saturated rings. The van der Waals surface area contributed by atoms with Gasteiger partial charge in [0.1, 0.15) is 5.82 Å². The molecule has 1 aromatic rings. The highest BCUT2D eigenvalue weighted by Gasteiger charge is 2.32. The van der Waals surface area contributed by atoms with Crippen LogP contribution in [0.4, 0.5) is 5.82 Å². The lowest BCUT2D eigenvalue weighted by Gasteiger charge is -2.44. The average molecular weight is 260 g/mol. The Labute approximate surface area is 115 Å². The van der Waals surface area contributed by atoms with Gasteiger partial charge in [-0.25, -0.2) is 10.8 Å². The molecular formula is C15H24N4. The maximum absolute atomic E-state index is 5.35. The van der Waals surface area contributed by atoms with E-state index in [0.717, 1.165) is 24.3 Å². The van der Waals surface area contributed by atoms with Crippen molar-refractivity contribution in [3.63, 3.8) is 0 Å². The Morgan fingerprint density at radius 3 is 2.84 bits per heavy atom. The highest BCUT2D eigenvalue weighted by atomic mass is 15.2. The normalized spacial score (nSPS) is 27.8. The zero-order valence-corrected chi connectivity index (χ0v) is 11.5. The van der Waals surface area contributed by atoms with Gasteiger partial charge < -0.3 is 5.43 Å². The van der Waals surface area contributed by atoms with E-state index in [-0.39, 0.29) is 0 Å². The number of likely N-dealkylation sites (tertiary alicyclic amines) is 1. The molecule has 0 bridgehead atoms. The molecule has 2 heterocycles. The third-order valence-electron chi connectivity index (χ3n) is 4.72. The molecule has 0 aromatic carbocycles. The van der Waals surface area contributed by atoms with E-state index in [1.54, 1.807) is 0 Å². The number of rotatable bonds is 3. The average Bonchev–Trinajstić information content (AvgIpc) is 2.48. The first-order chi connectivity index (χ1) is 9.36. The summed E-state index contributed by atoms with van der Waals surface area (Å²) in [6.45, 7) is 2.29. The first kappa shape index (κ1) is 12.9. The summed E-state index contributed by atoms with van der Waals surface area (Å²) in [5.74, 6) is 7.03. The number of nitrogens with one attached hydrogen (secondary N) is 1. The van der Waals surface area contributed by atoms with E-state index in [0.29, 0.717) is 0 Å². The molecule has 2 aliphatic rings. The molecule has 2 unspecified atom stereocenters. The van der Waals surface area contributed by atoms with Gasteiger partial charge in [0.05, 0.1) is 0 Å². The minimum atomic E-state index is 0.734. The van der Waals surface area contributed by atoms with E-state index in [1.807, 2.05) is 12.3 Å². The second-order valence-electron chi connectivity index (χ2n) is 5.92. The van der Waals surface area contributed by atoms with Crippen LogP contribution < -0.4 is 11.3 Å². The van der Waals surface area contributed by atoms with E-state index in [4.69, 9.17) is 5.84 Å². The second-order valence-corrected chi connectivity index (χ2v) is 5.92. The van der Waals surface area contributed by atoms with Crippen LogP contribution in [-0.2, 0) is 6.54 Å². The lowest BCUT2D eigenvalue weighted by Crippen LogP contribution is -2.46. The molecule has 3 N–H and O–H groups in total. The number of piperidine rings is 1. The summed E-state index contributed by atoms with van der Waals surface area (Å²) in [6.07, 6.45) is 10.4. The van der Waals surface area contributed by atoms with Crippen LogP contribution in [0.15, 0.2) is 18.3 Å². The molecule has 104 valence electrons. The van der Waals surface area contributed by atoms with Crippen molar-refractivity contribution < 1.29 is 0 Å². The SMILES string of the molecule is NNc1ccc(CN2CCCC3CCCCC32)cn1. The van der Waals surface area contributed by atoms with Gasteiger partial charge in [0.2, 0.25) is 0 Å². The fourth-order valence-electron chi connectivity index (χ4n) is 3.76. The van der Waals surface area contributed by atoms with Crippen LogP contribution in [0.3, 0.4) is 0 Å². The summed E-state index contributed by atoms with van der Waals surface area (Å²) in [5, 5.41) is 0. The number of nitrogens with zero attached hydrogens (tertiary/aromatic N) is 2. The Balaban J connectivity index is 1.66. The van der Waals surface area contributed by atoms with Gasteiger partial charge in [-0.3, -0.25) is 4.90 Å². The molecule has 0 spiro atoms. The zero-order chi connectivity index (χ0) is 13.1. The van der Waals surface area contributed by atoms with E-state index in [2.05, 4.69) is 21.4 Å². The molecule has 4 heteroatoms. The van der Waals surface area contributed by atoms with Crippen molar-refractivity contribution in [2.75, 3.05) is 12.0 Å². The smallest absolute Gasteiger partial charge is 0.139 e. The first-order valence-electron chi connectivity index (χ1n) is 7.52. The first-order valence-corrected chi connectivity index (χ1v) is 7.52. The Hall–Kier alpha value is -1.13. The predicted molar refractivity (Wildman–Crippen MR) is 77.4 cm³/mol. The van der Waals surface area contributed by atoms with E-state index in [9.17, 15) is 0 Å². The summed E-state index contributed by atoms with van der Waals surface area (Å²) in [7, 11) is 0. The van der Waals surface area contributed by atoms with Gasteiger partial charge >= 0.3 is 0 Å². The van der Waals surface area contributed by atoms with Crippen LogP contribution in [0, 0.1) is 5.92 Å². The Bertz CT molecular complexity index is 401. The summed E-state index contributed by atoms with van der Waals surface area (Å²) in [4.78, 5) is 6.98. The lowest BCUT2D eigenvalue weighted by molar-refractivity contribution is 0.0546. The third-order valence-corrected chi connectivity index (χ3v) is 4.72. The number of hydrogen-bond donors (Lipinski definition) is 2. The van der Waals surface area contributed by atoms with Gasteiger partial charge in [0.15, 0.2) is 0 Å². The molecule has 4 nitrogen and oxygen atoms in total. The van der Waals surface area contributed by atoms with Crippen LogP contribution in [0.1, 0.15) is 44.1 Å². The summed E-state index contributed by atoms with van der Waals surface area (Å²) >= 11 is 0. The van der Waals surface area contributed by atoms with Gasteiger partial charge in [-0.15, -0.1) is 0 Å². The fourth-order valence-corrected chi connectivity index (χ4v) is 3.76. The van der Waals surface area contributed by atoms with Crippen LogP contribution in [-0.4, -0.2) is 22.5 Å². The molecular weight excluding hydrogens is 236 g/mol. The highest BCUT2D eigenvalue weighted by molar-refractivity contribution is 5.33. The van der Waals surface area contributed by atoms with Gasteiger partial charge in [-0.2, -0.15) is 0 Å². The molecule has 19 heavy (non-hydrogen) atoms. The van der Waals surface area contributed by atoms with Gasteiger partial charge in [0, 0.05) is 18.8 Å². The largest absolute Gasteiger partial charge is 0.308 e. The molecule has 2 atom stereocenters. The molecule has 1 aliphatic carbocycles. The summed E-state index contributed by atoms with van der Waals surface area (Å²) in [5.41, 5.74) is 3.87. The van der Waals surface area contributed by atoms with Crippen molar-refractivity contribution in [3.8, 4) is 0 Å². The van der Waals surface area contributed by atoms with Crippen LogP contribution >= 0.6 is 0 Å². The number of hydrogen-bond acceptors (Lipinski definition) is 4. The van der Waals surface area contributed by atoms with Gasteiger partial charge in [-0.05, 0) is 49.8 Å². The van der Waals surface area contributed by atoms with E-state index < -0.39 is 0 Å². The maximum atomic E-state index is 5.35. The number of nitrogens with two attached hydrogens (primary N) is 1. The van der Waals surface area contributed by atoms with E-state index in [1.165, 1.54) is 50.6 Å². The third kappa shape index (κ3) is 2.90. The molecule has 0 amide bonds. The van der Waals surface area contributed by atoms with Crippen LogP contribution in [0.25, 0.3) is 0 Å². The quantitative estimate of drug-likeness (QED) is 0.648. The number of anilines is 1. The number of nitrogen functional groups attached to an aromatic ring is 1. The summed E-state index contributed by atoms with van der Waals surface area (Å²) < 4.78 is 0. The van der Waals surface area contributed by atoms with E-state index >= 15 is 0 Å². The standard InChI is InChI=1S/C15H24N4/c16-18-15-8-7-12(10-17-15)11-19-9-3-5-13-4-1-2-6-14(13)19/h7-8,10,13-14H,1-6,9,11,16H2,(H,17,18). The minimum absolute atomic E-state index is 0.734. The highest BCUT2D eigenvalue weighted by Crippen LogP contribution is 2.35. The van der Waals surface area contributed by atoms with Gasteiger partial charge in [0.25, 0.3) is 0 Å². The lowest BCUT2D eigenvalue weighted by atomic mass is 9.78. The Morgan fingerprint density at radius 1 is 1.21 bits per heavy atom. The zero-order valence-electron chi connectivity index (χ0n) is 11.5. The molecule has 1 aliphatic heterocycles. The Kier molecular flexibility index (Phi) is 3.99. The van der Waals surface area contributed by atoms with Crippen LogP contribution in [0.5, 0.6) is 0 Å². The number of hydrazine groups is 1. The van der Waals surface area contributed by atoms with Crippen molar-refractivity contribution in [2.45, 2.75) is 51.1 Å².